The van der Waals surface area contributed by atoms with Crippen molar-refractivity contribution in [1.29, 1.82) is 0 Å². The summed E-state index contributed by atoms with van der Waals surface area (Å²) in [4.78, 5) is 24.0. The predicted octanol–water partition coefficient (Wildman–Crippen LogP) is 3.56. The Morgan fingerprint density at radius 2 is 1.89 bits per heavy atom. The molecule has 1 aromatic carbocycles. The molecule has 0 bridgehead atoms. The summed E-state index contributed by atoms with van der Waals surface area (Å²) < 4.78 is 0. The van der Waals surface area contributed by atoms with Crippen LogP contribution >= 0.6 is 11.3 Å². The van der Waals surface area contributed by atoms with Crippen molar-refractivity contribution in [3.05, 3.63) is 57.8 Å². The molecule has 0 saturated carbocycles. The number of hydrogen-bond donors (Lipinski definition) is 1. The Kier molecular flexibility index (Phi) is 4.12. The number of carbonyl (C=O) groups is 2. The molecule has 0 saturated heterocycles. The van der Waals surface area contributed by atoms with Crippen molar-refractivity contribution in [3.8, 4) is 0 Å². The number of carbonyl (C=O) groups excluding carboxylic acids is 1. The van der Waals surface area contributed by atoms with Gasteiger partial charge in [-0.25, -0.2) is 0 Å². The zero-order chi connectivity index (χ0) is 13.8. The summed E-state index contributed by atoms with van der Waals surface area (Å²) in [5, 5.41) is 11.2. The zero-order valence-electron chi connectivity index (χ0n) is 10.5. The van der Waals surface area contributed by atoms with Gasteiger partial charge in [-0.15, -0.1) is 11.3 Å². The van der Waals surface area contributed by atoms with E-state index in [9.17, 15) is 14.7 Å². The van der Waals surface area contributed by atoms with E-state index in [0.29, 0.717) is 22.4 Å². The van der Waals surface area contributed by atoms with Crippen LogP contribution in [-0.4, -0.2) is 16.9 Å². The normalized spacial score (nSPS) is 12.1. The molecule has 0 radical (unpaired) electrons. The monoisotopic (exact) mass is 274 g/mol. The molecule has 1 aromatic heterocycles. The second-order valence-corrected chi connectivity index (χ2v) is 5.10. The maximum Gasteiger partial charge on any atom is 0.316 e. The van der Waals surface area contributed by atoms with Gasteiger partial charge in [-0.1, -0.05) is 37.3 Å². The lowest BCUT2D eigenvalue weighted by Crippen LogP contribution is -2.14. The SMILES string of the molecule is CCC(=O)c1ccsc1C(C(=O)O)c1ccccc1. The Morgan fingerprint density at radius 1 is 1.21 bits per heavy atom. The third-order valence-corrected chi connectivity index (χ3v) is 3.94. The summed E-state index contributed by atoms with van der Waals surface area (Å²) in [6, 6.07) is 10.7. The van der Waals surface area contributed by atoms with Crippen molar-refractivity contribution in [3.63, 3.8) is 0 Å². The third-order valence-electron chi connectivity index (χ3n) is 2.96. The molecule has 0 aliphatic rings. The van der Waals surface area contributed by atoms with E-state index in [1.165, 1.54) is 11.3 Å². The number of hydrogen-bond acceptors (Lipinski definition) is 3. The maximum absolute atomic E-state index is 11.9. The molecule has 0 aliphatic carbocycles. The third kappa shape index (κ3) is 2.74. The number of carboxylic acid groups (broad SMARTS) is 1. The van der Waals surface area contributed by atoms with E-state index in [1.54, 1.807) is 42.6 Å². The molecule has 4 heteroatoms. The molecule has 0 aliphatic heterocycles. The minimum atomic E-state index is -0.932. The molecule has 1 unspecified atom stereocenters. The average molecular weight is 274 g/mol. The summed E-state index contributed by atoms with van der Waals surface area (Å²) in [5.74, 6) is -1.72. The molecular weight excluding hydrogens is 260 g/mol. The Bertz CT molecular complexity index is 586. The Balaban J connectivity index is 2.50. The minimum Gasteiger partial charge on any atom is -0.481 e. The first kappa shape index (κ1) is 13.5. The van der Waals surface area contributed by atoms with E-state index in [4.69, 9.17) is 0 Å². The summed E-state index contributed by atoms with van der Waals surface area (Å²) in [5.41, 5.74) is 1.23. The minimum absolute atomic E-state index is 0.0153. The van der Waals surface area contributed by atoms with E-state index in [-0.39, 0.29) is 5.78 Å². The number of rotatable bonds is 5. The van der Waals surface area contributed by atoms with Gasteiger partial charge in [0.2, 0.25) is 0 Å². The molecule has 1 heterocycles. The number of thiophene rings is 1. The van der Waals surface area contributed by atoms with Gasteiger partial charge in [0.1, 0.15) is 5.92 Å². The standard InChI is InChI=1S/C15H14O3S/c1-2-12(16)11-8-9-19-14(11)13(15(17)18)10-6-4-3-5-7-10/h3-9,13H,2H2,1H3,(H,17,18). The first-order valence-corrected chi connectivity index (χ1v) is 6.91. The van der Waals surface area contributed by atoms with Gasteiger partial charge in [0.05, 0.1) is 0 Å². The quantitative estimate of drug-likeness (QED) is 0.848. The van der Waals surface area contributed by atoms with Crippen LogP contribution < -0.4 is 0 Å². The van der Waals surface area contributed by atoms with Crippen molar-refractivity contribution in [2.24, 2.45) is 0 Å². The fourth-order valence-corrected chi connectivity index (χ4v) is 3.05. The highest BCUT2D eigenvalue weighted by atomic mass is 32.1. The van der Waals surface area contributed by atoms with Crippen LogP contribution in [0.2, 0.25) is 0 Å². The van der Waals surface area contributed by atoms with Crippen LogP contribution in [-0.2, 0) is 4.79 Å². The van der Waals surface area contributed by atoms with E-state index in [1.807, 2.05) is 6.07 Å². The zero-order valence-corrected chi connectivity index (χ0v) is 11.3. The summed E-state index contributed by atoms with van der Waals surface area (Å²) >= 11 is 1.32. The topological polar surface area (TPSA) is 54.4 Å². The smallest absolute Gasteiger partial charge is 0.316 e. The number of Topliss-reactive ketones (excluding diaryl/α,β-unsaturated/α-hetero) is 1. The van der Waals surface area contributed by atoms with Gasteiger partial charge in [0.15, 0.2) is 5.78 Å². The maximum atomic E-state index is 11.9. The molecular formula is C15H14O3S. The molecule has 19 heavy (non-hydrogen) atoms. The number of benzene rings is 1. The van der Waals surface area contributed by atoms with Crippen molar-refractivity contribution in [2.45, 2.75) is 19.3 Å². The largest absolute Gasteiger partial charge is 0.481 e. The van der Waals surface area contributed by atoms with Gasteiger partial charge in [0, 0.05) is 16.9 Å². The molecule has 3 nitrogen and oxygen atoms in total. The fraction of sp³-hybridized carbons (Fsp3) is 0.200. The van der Waals surface area contributed by atoms with Crippen LogP contribution in [0.1, 0.15) is 40.1 Å². The molecule has 2 rings (SSSR count). The van der Waals surface area contributed by atoms with Crippen LogP contribution in [0.5, 0.6) is 0 Å². The first-order chi connectivity index (χ1) is 9.15. The lowest BCUT2D eigenvalue weighted by Gasteiger charge is -2.13. The van der Waals surface area contributed by atoms with Crippen LogP contribution in [0, 0.1) is 0 Å². The van der Waals surface area contributed by atoms with Gasteiger partial charge in [-0.3, -0.25) is 9.59 Å². The van der Waals surface area contributed by atoms with Gasteiger partial charge in [-0.05, 0) is 17.0 Å². The molecule has 1 N–H and O–H groups in total. The molecule has 0 amide bonds. The number of aliphatic carboxylic acids is 1. The van der Waals surface area contributed by atoms with Gasteiger partial charge in [0.25, 0.3) is 0 Å². The molecule has 0 spiro atoms. The van der Waals surface area contributed by atoms with Crippen LogP contribution in [0.25, 0.3) is 0 Å². The highest BCUT2D eigenvalue weighted by Crippen LogP contribution is 2.32. The average Bonchev–Trinajstić information content (AvgIpc) is 2.88. The lowest BCUT2D eigenvalue weighted by atomic mass is 9.93. The van der Waals surface area contributed by atoms with Crippen molar-refractivity contribution >= 4 is 23.1 Å². The van der Waals surface area contributed by atoms with E-state index in [2.05, 4.69) is 0 Å². The van der Waals surface area contributed by atoms with Gasteiger partial charge in [-0.2, -0.15) is 0 Å². The van der Waals surface area contributed by atoms with Crippen molar-refractivity contribution < 1.29 is 14.7 Å². The molecule has 1 atom stereocenters. The summed E-state index contributed by atoms with van der Waals surface area (Å²) in [6.07, 6.45) is 0.380. The second kappa shape index (κ2) is 5.80. The Labute approximate surface area is 115 Å². The molecule has 2 aromatic rings. The van der Waals surface area contributed by atoms with Crippen LogP contribution in [0.4, 0.5) is 0 Å². The Hall–Kier alpha value is -1.94. The van der Waals surface area contributed by atoms with Crippen LogP contribution in [0.15, 0.2) is 41.8 Å². The van der Waals surface area contributed by atoms with Crippen molar-refractivity contribution in [2.75, 3.05) is 0 Å². The summed E-state index contributed by atoms with van der Waals surface area (Å²) in [7, 11) is 0. The Morgan fingerprint density at radius 3 is 2.47 bits per heavy atom. The van der Waals surface area contributed by atoms with Gasteiger partial charge < -0.3 is 5.11 Å². The fourth-order valence-electron chi connectivity index (χ4n) is 2.02. The highest BCUT2D eigenvalue weighted by Gasteiger charge is 2.27. The summed E-state index contributed by atoms with van der Waals surface area (Å²) in [6.45, 7) is 1.78. The molecule has 98 valence electrons. The lowest BCUT2D eigenvalue weighted by molar-refractivity contribution is -0.137. The van der Waals surface area contributed by atoms with E-state index >= 15 is 0 Å². The molecule has 0 fully saturated rings. The van der Waals surface area contributed by atoms with E-state index in [0.717, 1.165) is 0 Å². The van der Waals surface area contributed by atoms with Crippen LogP contribution in [0.3, 0.4) is 0 Å². The highest BCUT2D eigenvalue weighted by molar-refractivity contribution is 7.10. The predicted molar refractivity (Wildman–Crippen MR) is 74.9 cm³/mol. The number of carboxylic acids is 1. The van der Waals surface area contributed by atoms with E-state index < -0.39 is 11.9 Å². The number of ketones is 1. The van der Waals surface area contributed by atoms with Gasteiger partial charge >= 0.3 is 5.97 Å². The van der Waals surface area contributed by atoms with Crippen molar-refractivity contribution in [1.82, 2.24) is 0 Å². The first-order valence-electron chi connectivity index (χ1n) is 6.03. The second-order valence-electron chi connectivity index (χ2n) is 4.16.